The Kier molecular flexibility index (Phi) is 3.50. The molecule has 1 aromatic carbocycles. The van der Waals surface area contributed by atoms with Gasteiger partial charge in [-0.25, -0.2) is 0 Å². The van der Waals surface area contributed by atoms with Gasteiger partial charge in [-0.1, -0.05) is 11.6 Å². The Hall–Kier alpha value is -0.710. The van der Waals surface area contributed by atoms with Crippen molar-refractivity contribution in [1.82, 2.24) is 9.88 Å². The number of hydrogen-bond acceptors (Lipinski definition) is 2. The second kappa shape index (κ2) is 5.00. The highest BCUT2D eigenvalue weighted by Gasteiger charge is 2.25. The summed E-state index contributed by atoms with van der Waals surface area (Å²) < 4.78 is 8.71. The lowest BCUT2D eigenvalue weighted by molar-refractivity contribution is 0.415. The van der Waals surface area contributed by atoms with Crippen molar-refractivity contribution in [3.63, 3.8) is 0 Å². The molecular formula is C14H16BrClN2O. The van der Waals surface area contributed by atoms with Crippen molar-refractivity contribution < 1.29 is 4.74 Å². The van der Waals surface area contributed by atoms with Gasteiger partial charge in [0.25, 0.3) is 0 Å². The van der Waals surface area contributed by atoms with E-state index in [2.05, 4.69) is 32.9 Å². The highest BCUT2D eigenvalue weighted by Crippen LogP contribution is 2.40. The zero-order chi connectivity index (χ0) is 13.6. The summed E-state index contributed by atoms with van der Waals surface area (Å²) in [6, 6.07) is 3.99. The molecule has 1 unspecified atom stereocenters. The Balaban J connectivity index is 2.24. The number of ether oxygens (including phenoxy) is 1. The molecule has 1 saturated heterocycles. The Morgan fingerprint density at radius 2 is 2.26 bits per heavy atom. The standard InChI is InChI=1S/C14H16BrClN2O/c1-18-11-6-10(16)12(19-2)5-9(11)13(15)14(18)8-3-4-17-7-8/h5-6,8,17H,3-4,7H2,1-2H3. The van der Waals surface area contributed by atoms with Gasteiger partial charge in [-0.3, -0.25) is 0 Å². The largest absolute Gasteiger partial charge is 0.495 e. The molecule has 0 saturated carbocycles. The number of nitrogens with one attached hydrogen (secondary N) is 1. The van der Waals surface area contributed by atoms with Crippen LogP contribution in [0.2, 0.25) is 5.02 Å². The number of hydrogen-bond donors (Lipinski definition) is 1. The van der Waals surface area contributed by atoms with Gasteiger partial charge in [0, 0.05) is 35.1 Å². The molecule has 1 atom stereocenters. The van der Waals surface area contributed by atoms with Crippen molar-refractivity contribution in [2.24, 2.45) is 7.05 Å². The minimum absolute atomic E-state index is 0.552. The van der Waals surface area contributed by atoms with Crippen LogP contribution >= 0.6 is 27.5 Å². The highest BCUT2D eigenvalue weighted by molar-refractivity contribution is 9.10. The smallest absolute Gasteiger partial charge is 0.138 e. The van der Waals surface area contributed by atoms with Crippen LogP contribution in [0.1, 0.15) is 18.0 Å². The lowest BCUT2D eigenvalue weighted by Crippen LogP contribution is -2.10. The molecule has 0 spiro atoms. The molecule has 0 amide bonds. The number of aryl methyl sites for hydroxylation is 1. The van der Waals surface area contributed by atoms with Crippen molar-refractivity contribution in [2.75, 3.05) is 20.2 Å². The van der Waals surface area contributed by atoms with Crippen LogP contribution in [0.15, 0.2) is 16.6 Å². The first kappa shape index (κ1) is 13.3. The van der Waals surface area contributed by atoms with Crippen LogP contribution in [-0.4, -0.2) is 24.8 Å². The molecule has 2 aromatic rings. The van der Waals surface area contributed by atoms with Crippen molar-refractivity contribution in [3.05, 3.63) is 27.3 Å². The lowest BCUT2D eigenvalue weighted by Gasteiger charge is -2.11. The van der Waals surface area contributed by atoms with Gasteiger partial charge in [-0.15, -0.1) is 0 Å². The molecule has 19 heavy (non-hydrogen) atoms. The maximum absolute atomic E-state index is 6.23. The maximum atomic E-state index is 6.23. The summed E-state index contributed by atoms with van der Waals surface area (Å²) in [7, 11) is 3.75. The molecule has 102 valence electrons. The summed E-state index contributed by atoms with van der Waals surface area (Å²) in [6.45, 7) is 2.12. The van der Waals surface area contributed by atoms with Crippen molar-refractivity contribution in [2.45, 2.75) is 12.3 Å². The Labute approximate surface area is 126 Å². The van der Waals surface area contributed by atoms with Gasteiger partial charge >= 0.3 is 0 Å². The van der Waals surface area contributed by atoms with E-state index in [1.54, 1.807) is 7.11 Å². The molecule has 2 heterocycles. The first-order valence-corrected chi connectivity index (χ1v) is 7.52. The summed E-state index contributed by atoms with van der Waals surface area (Å²) in [5.41, 5.74) is 2.48. The molecule has 3 rings (SSSR count). The first-order valence-electron chi connectivity index (χ1n) is 6.35. The minimum atomic E-state index is 0.552. The Morgan fingerprint density at radius 1 is 1.47 bits per heavy atom. The predicted molar refractivity (Wildman–Crippen MR) is 82.4 cm³/mol. The second-order valence-corrected chi connectivity index (χ2v) is 6.15. The molecule has 1 fully saturated rings. The van der Waals surface area contributed by atoms with Gasteiger partial charge in [0.05, 0.1) is 17.6 Å². The van der Waals surface area contributed by atoms with Crippen molar-refractivity contribution >= 4 is 38.4 Å². The van der Waals surface area contributed by atoms with Crippen molar-refractivity contribution in [1.29, 1.82) is 0 Å². The number of benzene rings is 1. The Bertz CT molecular complexity index is 632. The molecule has 0 radical (unpaired) electrons. The normalized spacial score (nSPS) is 19.3. The second-order valence-electron chi connectivity index (χ2n) is 4.95. The number of halogens is 2. The number of fused-ring (bicyclic) bond motifs is 1. The number of rotatable bonds is 2. The van der Waals surface area contributed by atoms with E-state index >= 15 is 0 Å². The highest BCUT2D eigenvalue weighted by atomic mass is 79.9. The maximum Gasteiger partial charge on any atom is 0.138 e. The summed E-state index contributed by atoms with van der Waals surface area (Å²) in [6.07, 6.45) is 1.17. The van der Waals surface area contributed by atoms with E-state index in [0.717, 1.165) is 34.2 Å². The van der Waals surface area contributed by atoms with Gasteiger partial charge in [0.15, 0.2) is 0 Å². The SMILES string of the molecule is COc1cc2c(Br)c(C3CCNC3)n(C)c2cc1Cl. The summed E-state index contributed by atoms with van der Waals surface area (Å²) >= 11 is 9.98. The third-order valence-electron chi connectivity index (χ3n) is 3.90. The van der Waals surface area contributed by atoms with Crippen LogP contribution < -0.4 is 10.1 Å². The van der Waals surface area contributed by atoms with Crippen LogP contribution in [-0.2, 0) is 7.05 Å². The number of aromatic nitrogens is 1. The van der Waals surface area contributed by atoms with Gasteiger partial charge in [0.1, 0.15) is 5.75 Å². The van der Waals surface area contributed by atoms with Gasteiger partial charge in [0.2, 0.25) is 0 Å². The van der Waals surface area contributed by atoms with E-state index in [1.807, 2.05) is 12.1 Å². The summed E-state index contributed by atoms with van der Waals surface area (Å²) in [4.78, 5) is 0. The van der Waals surface area contributed by atoms with Crippen LogP contribution in [0.5, 0.6) is 5.75 Å². The minimum Gasteiger partial charge on any atom is -0.495 e. The van der Waals surface area contributed by atoms with E-state index in [-0.39, 0.29) is 0 Å². The van der Waals surface area contributed by atoms with Crippen LogP contribution in [0.25, 0.3) is 10.9 Å². The molecule has 5 heteroatoms. The fourth-order valence-electron chi connectivity index (χ4n) is 2.91. The quantitative estimate of drug-likeness (QED) is 0.900. The van der Waals surface area contributed by atoms with Crippen LogP contribution in [0.3, 0.4) is 0 Å². The third-order valence-corrected chi connectivity index (χ3v) is 5.03. The molecule has 0 bridgehead atoms. The molecule has 1 aliphatic heterocycles. The number of methoxy groups -OCH3 is 1. The van der Waals surface area contributed by atoms with E-state index in [4.69, 9.17) is 16.3 Å². The molecule has 1 aromatic heterocycles. The summed E-state index contributed by atoms with van der Waals surface area (Å²) in [5.74, 6) is 1.27. The topological polar surface area (TPSA) is 26.2 Å². The van der Waals surface area contributed by atoms with E-state index in [0.29, 0.717) is 10.9 Å². The molecule has 0 aliphatic carbocycles. The average molecular weight is 344 g/mol. The number of nitrogens with zero attached hydrogens (tertiary/aromatic N) is 1. The van der Waals surface area contributed by atoms with E-state index in [1.165, 1.54) is 12.1 Å². The van der Waals surface area contributed by atoms with Gasteiger partial charge in [-0.05, 0) is 41.0 Å². The average Bonchev–Trinajstić information content (AvgIpc) is 2.98. The van der Waals surface area contributed by atoms with Gasteiger partial charge < -0.3 is 14.6 Å². The Morgan fingerprint density at radius 3 is 2.89 bits per heavy atom. The lowest BCUT2D eigenvalue weighted by atomic mass is 10.0. The van der Waals surface area contributed by atoms with Crippen LogP contribution in [0, 0.1) is 0 Å². The van der Waals surface area contributed by atoms with Gasteiger partial charge in [-0.2, -0.15) is 0 Å². The first-order chi connectivity index (χ1) is 9.13. The van der Waals surface area contributed by atoms with E-state index in [9.17, 15) is 0 Å². The predicted octanol–water partition coefficient (Wildman–Crippen LogP) is 3.68. The third kappa shape index (κ3) is 2.06. The molecule has 3 nitrogen and oxygen atoms in total. The zero-order valence-corrected chi connectivity index (χ0v) is 13.3. The van der Waals surface area contributed by atoms with Crippen molar-refractivity contribution in [3.8, 4) is 5.75 Å². The summed E-state index contributed by atoms with van der Waals surface area (Å²) in [5, 5.41) is 5.23. The fourth-order valence-corrected chi connectivity index (χ4v) is 4.05. The molecular weight excluding hydrogens is 328 g/mol. The fraction of sp³-hybridized carbons (Fsp3) is 0.429. The van der Waals surface area contributed by atoms with E-state index < -0.39 is 0 Å². The zero-order valence-electron chi connectivity index (χ0n) is 11.0. The van der Waals surface area contributed by atoms with Crippen LogP contribution in [0.4, 0.5) is 0 Å². The monoisotopic (exact) mass is 342 g/mol. The molecule has 1 N–H and O–H groups in total. The molecule has 1 aliphatic rings.